The van der Waals surface area contributed by atoms with Gasteiger partial charge in [-0.05, 0) is 37.1 Å². The monoisotopic (exact) mass is 463 g/mol. The predicted octanol–water partition coefficient (Wildman–Crippen LogP) is 3.27. The first-order chi connectivity index (χ1) is 16.3. The third-order valence-electron chi connectivity index (χ3n) is 5.76. The SMILES string of the molecule is CC(Cc1ccccc1)(C(=O)NCCO)c1nn(-c2ccc(F)cc2F)c(=O)c2ccccc12. The van der Waals surface area contributed by atoms with Crippen molar-refractivity contribution in [1.82, 2.24) is 15.1 Å². The number of carbonyl (C=O) groups excluding carboxylic acids is 1. The molecule has 0 fully saturated rings. The number of halogens is 2. The summed E-state index contributed by atoms with van der Waals surface area (Å²) in [5.41, 5.74) is -1.01. The number of aliphatic hydroxyl groups excluding tert-OH is 1. The van der Waals surface area contributed by atoms with Crippen LogP contribution < -0.4 is 10.9 Å². The molecular weight excluding hydrogens is 440 g/mol. The first-order valence-corrected chi connectivity index (χ1v) is 10.8. The minimum Gasteiger partial charge on any atom is -0.395 e. The fraction of sp³-hybridized carbons (Fsp3) is 0.192. The maximum absolute atomic E-state index is 14.7. The van der Waals surface area contributed by atoms with Gasteiger partial charge in [-0.2, -0.15) is 9.78 Å². The minimum atomic E-state index is -1.29. The Balaban J connectivity index is 2.01. The van der Waals surface area contributed by atoms with Crippen LogP contribution >= 0.6 is 0 Å². The number of fused-ring (bicyclic) bond motifs is 1. The van der Waals surface area contributed by atoms with Crippen LogP contribution in [0.15, 0.2) is 77.6 Å². The molecule has 0 spiro atoms. The molecule has 2 N–H and O–H groups in total. The molecule has 1 amide bonds. The first-order valence-electron chi connectivity index (χ1n) is 10.8. The Morgan fingerprint density at radius 2 is 1.71 bits per heavy atom. The third kappa shape index (κ3) is 4.32. The lowest BCUT2D eigenvalue weighted by molar-refractivity contribution is -0.126. The highest BCUT2D eigenvalue weighted by molar-refractivity contribution is 5.94. The lowest BCUT2D eigenvalue weighted by atomic mass is 9.77. The number of benzene rings is 3. The van der Waals surface area contributed by atoms with Crippen LogP contribution in [0.5, 0.6) is 0 Å². The number of aromatic nitrogens is 2. The highest BCUT2D eigenvalue weighted by Gasteiger charge is 2.39. The van der Waals surface area contributed by atoms with E-state index in [2.05, 4.69) is 10.4 Å². The van der Waals surface area contributed by atoms with Crippen LogP contribution in [-0.4, -0.2) is 33.9 Å². The Morgan fingerprint density at radius 3 is 2.38 bits per heavy atom. The second-order valence-electron chi connectivity index (χ2n) is 8.18. The summed E-state index contributed by atoms with van der Waals surface area (Å²) < 4.78 is 29.1. The Kier molecular flexibility index (Phi) is 6.51. The molecule has 8 heteroatoms. The Hall–Kier alpha value is -3.91. The molecule has 3 aromatic carbocycles. The summed E-state index contributed by atoms with van der Waals surface area (Å²) in [7, 11) is 0. The second-order valence-corrected chi connectivity index (χ2v) is 8.18. The molecule has 4 aromatic rings. The van der Waals surface area contributed by atoms with Gasteiger partial charge in [-0.1, -0.05) is 48.5 Å². The third-order valence-corrected chi connectivity index (χ3v) is 5.76. The lowest BCUT2D eigenvalue weighted by Crippen LogP contribution is -2.46. The van der Waals surface area contributed by atoms with Gasteiger partial charge in [0.25, 0.3) is 5.56 Å². The van der Waals surface area contributed by atoms with Crippen molar-refractivity contribution >= 4 is 16.7 Å². The van der Waals surface area contributed by atoms with Crippen molar-refractivity contribution in [3.63, 3.8) is 0 Å². The van der Waals surface area contributed by atoms with E-state index in [1.165, 1.54) is 0 Å². The number of rotatable bonds is 7. The topological polar surface area (TPSA) is 84.2 Å². The smallest absolute Gasteiger partial charge is 0.279 e. The van der Waals surface area contributed by atoms with Gasteiger partial charge in [0.2, 0.25) is 5.91 Å². The Bertz CT molecular complexity index is 1410. The van der Waals surface area contributed by atoms with Gasteiger partial charge < -0.3 is 10.4 Å². The van der Waals surface area contributed by atoms with Crippen LogP contribution in [0.25, 0.3) is 16.5 Å². The van der Waals surface area contributed by atoms with Crippen molar-refractivity contribution < 1.29 is 18.7 Å². The lowest BCUT2D eigenvalue weighted by Gasteiger charge is -2.29. The molecule has 1 aromatic heterocycles. The number of hydrogen-bond donors (Lipinski definition) is 2. The molecule has 34 heavy (non-hydrogen) atoms. The molecule has 4 rings (SSSR count). The van der Waals surface area contributed by atoms with E-state index in [1.54, 1.807) is 31.2 Å². The van der Waals surface area contributed by atoms with Gasteiger partial charge in [0, 0.05) is 18.0 Å². The average molecular weight is 463 g/mol. The van der Waals surface area contributed by atoms with Crippen molar-refractivity contribution in [3.05, 3.63) is 106 Å². The fourth-order valence-corrected chi connectivity index (χ4v) is 4.05. The van der Waals surface area contributed by atoms with Crippen LogP contribution in [0, 0.1) is 11.6 Å². The van der Waals surface area contributed by atoms with Crippen LogP contribution in [0.2, 0.25) is 0 Å². The Labute approximate surface area is 194 Å². The zero-order valence-corrected chi connectivity index (χ0v) is 18.5. The summed E-state index contributed by atoms with van der Waals surface area (Å²) >= 11 is 0. The van der Waals surface area contributed by atoms with Crippen LogP contribution in [0.1, 0.15) is 18.2 Å². The average Bonchev–Trinajstić information content (AvgIpc) is 2.84. The molecule has 1 heterocycles. The molecule has 6 nitrogen and oxygen atoms in total. The molecule has 0 aliphatic heterocycles. The van der Waals surface area contributed by atoms with E-state index in [4.69, 9.17) is 0 Å². The molecule has 0 bridgehead atoms. The van der Waals surface area contributed by atoms with E-state index < -0.39 is 28.5 Å². The maximum Gasteiger partial charge on any atom is 0.279 e. The Morgan fingerprint density at radius 1 is 1.03 bits per heavy atom. The molecule has 1 atom stereocenters. The van der Waals surface area contributed by atoms with Crippen LogP contribution in [0.4, 0.5) is 8.78 Å². The van der Waals surface area contributed by atoms with Gasteiger partial charge >= 0.3 is 0 Å². The zero-order valence-electron chi connectivity index (χ0n) is 18.5. The number of nitrogens with one attached hydrogen (secondary N) is 1. The minimum absolute atomic E-state index is 0.0351. The molecule has 0 aliphatic rings. The molecule has 0 radical (unpaired) electrons. The van der Waals surface area contributed by atoms with Crippen molar-refractivity contribution in [3.8, 4) is 5.69 Å². The van der Waals surface area contributed by atoms with E-state index in [1.807, 2.05) is 30.3 Å². The quantitative estimate of drug-likeness (QED) is 0.441. The van der Waals surface area contributed by atoms with Gasteiger partial charge in [-0.3, -0.25) is 9.59 Å². The van der Waals surface area contributed by atoms with Crippen molar-refractivity contribution in [2.45, 2.75) is 18.8 Å². The van der Waals surface area contributed by atoms with Gasteiger partial charge in [-0.15, -0.1) is 0 Å². The number of aliphatic hydroxyl groups is 1. The van der Waals surface area contributed by atoms with E-state index >= 15 is 0 Å². The molecule has 0 saturated carbocycles. The maximum atomic E-state index is 14.7. The molecule has 174 valence electrons. The summed E-state index contributed by atoms with van der Waals surface area (Å²) in [5, 5.41) is 17.1. The summed E-state index contributed by atoms with van der Waals surface area (Å²) in [6, 6.07) is 18.8. The van der Waals surface area contributed by atoms with E-state index in [-0.39, 0.29) is 36.3 Å². The van der Waals surface area contributed by atoms with Crippen LogP contribution in [-0.2, 0) is 16.6 Å². The number of hydrogen-bond acceptors (Lipinski definition) is 4. The van der Waals surface area contributed by atoms with Crippen molar-refractivity contribution in [1.29, 1.82) is 0 Å². The summed E-state index contributed by atoms with van der Waals surface area (Å²) in [4.78, 5) is 26.7. The van der Waals surface area contributed by atoms with E-state index in [0.29, 0.717) is 11.5 Å². The largest absolute Gasteiger partial charge is 0.395 e. The van der Waals surface area contributed by atoms with Crippen molar-refractivity contribution in [2.24, 2.45) is 0 Å². The van der Waals surface area contributed by atoms with E-state index in [0.717, 1.165) is 22.4 Å². The zero-order chi connectivity index (χ0) is 24.3. The molecule has 0 aliphatic carbocycles. The predicted molar refractivity (Wildman–Crippen MR) is 125 cm³/mol. The first kappa shape index (κ1) is 23.3. The summed E-state index contributed by atoms with van der Waals surface area (Å²) in [6.45, 7) is 1.48. The molecule has 1 unspecified atom stereocenters. The van der Waals surface area contributed by atoms with Crippen LogP contribution in [0.3, 0.4) is 0 Å². The second kappa shape index (κ2) is 9.52. The van der Waals surface area contributed by atoms with Gasteiger partial charge in [0.15, 0.2) is 5.82 Å². The highest BCUT2D eigenvalue weighted by Crippen LogP contribution is 2.32. The van der Waals surface area contributed by atoms with Gasteiger partial charge in [-0.25, -0.2) is 8.78 Å². The molecular formula is C26H23F2N3O3. The summed E-state index contributed by atoms with van der Waals surface area (Å²) in [6.07, 6.45) is 0.228. The van der Waals surface area contributed by atoms with Gasteiger partial charge in [0.1, 0.15) is 11.5 Å². The highest BCUT2D eigenvalue weighted by atomic mass is 19.1. The number of carbonyl (C=O) groups is 1. The summed E-state index contributed by atoms with van der Waals surface area (Å²) in [5.74, 6) is -2.15. The number of nitrogens with zero attached hydrogens (tertiary/aromatic N) is 2. The number of amides is 1. The fourth-order valence-electron chi connectivity index (χ4n) is 4.05. The van der Waals surface area contributed by atoms with Gasteiger partial charge in [0.05, 0.1) is 23.1 Å². The van der Waals surface area contributed by atoms with E-state index in [9.17, 15) is 23.5 Å². The standard InChI is InChI=1S/C26H23F2N3O3/c1-26(25(34)29-13-14-32,16-17-7-3-2-4-8-17)23-19-9-5-6-10-20(19)24(33)31(30-23)22-12-11-18(27)15-21(22)28/h2-12,15,32H,13-14,16H2,1H3,(H,29,34). The molecule has 0 saturated heterocycles. The normalized spacial score (nSPS) is 12.9. The van der Waals surface area contributed by atoms with Crippen molar-refractivity contribution in [2.75, 3.05) is 13.2 Å².